The van der Waals surface area contributed by atoms with Crippen LogP contribution in [0.5, 0.6) is 0 Å². The number of benzene rings is 1. The Morgan fingerprint density at radius 2 is 2.22 bits per heavy atom. The zero-order chi connectivity index (χ0) is 13.2. The van der Waals surface area contributed by atoms with Crippen molar-refractivity contribution in [3.05, 3.63) is 35.4 Å². The summed E-state index contributed by atoms with van der Waals surface area (Å²) in [5.41, 5.74) is 7.25. The van der Waals surface area contributed by atoms with E-state index in [0.717, 1.165) is 17.5 Å². The van der Waals surface area contributed by atoms with Gasteiger partial charge in [-0.15, -0.1) is 0 Å². The smallest absolute Gasteiger partial charge is 0.315 e. The Morgan fingerprint density at radius 1 is 1.39 bits per heavy atom. The monoisotopic (exact) mass is 245 g/mol. The first-order chi connectivity index (χ1) is 8.76. The molecule has 0 saturated carbocycles. The summed E-state index contributed by atoms with van der Waals surface area (Å²) >= 11 is 0. The maximum absolute atomic E-state index is 11.4. The van der Waals surface area contributed by atoms with Crippen molar-refractivity contribution in [2.45, 2.75) is 19.9 Å². The second-order valence-electron chi connectivity index (χ2n) is 3.82. The molecule has 4 N–H and O–H groups in total. The van der Waals surface area contributed by atoms with E-state index in [1.807, 2.05) is 31.2 Å². The molecule has 0 heterocycles. The first kappa shape index (κ1) is 14.1. The van der Waals surface area contributed by atoms with Gasteiger partial charge in [0.25, 0.3) is 0 Å². The number of amides is 2. The molecule has 18 heavy (non-hydrogen) atoms. The topological polar surface area (TPSA) is 67.2 Å². The molecule has 0 aliphatic rings. The van der Waals surface area contributed by atoms with Crippen LogP contribution in [-0.4, -0.2) is 19.1 Å². The van der Waals surface area contributed by atoms with Crippen molar-refractivity contribution in [3.63, 3.8) is 0 Å². The number of urea groups is 1. The molecule has 0 unspecified atom stereocenters. The second-order valence-corrected chi connectivity index (χ2v) is 3.82. The van der Waals surface area contributed by atoms with Crippen LogP contribution in [0.1, 0.15) is 24.5 Å². The summed E-state index contributed by atoms with van der Waals surface area (Å²) in [7, 11) is 0. The molecule has 4 heteroatoms. The molecule has 96 valence electrons. The molecule has 0 aliphatic heterocycles. The zero-order valence-corrected chi connectivity index (χ0v) is 10.6. The van der Waals surface area contributed by atoms with Gasteiger partial charge in [-0.1, -0.05) is 30.9 Å². The highest BCUT2D eigenvalue weighted by molar-refractivity contribution is 5.73. The average molecular weight is 245 g/mol. The molecule has 0 radical (unpaired) electrons. The molecule has 0 aromatic heterocycles. The number of carbonyl (C=O) groups excluding carboxylic acids is 1. The van der Waals surface area contributed by atoms with Crippen molar-refractivity contribution in [2.75, 3.05) is 13.1 Å². The summed E-state index contributed by atoms with van der Waals surface area (Å²) in [6.45, 7) is 3.54. The highest BCUT2D eigenvalue weighted by Gasteiger charge is 1.99. The van der Waals surface area contributed by atoms with Crippen molar-refractivity contribution in [1.29, 1.82) is 0 Å². The molecule has 4 nitrogen and oxygen atoms in total. The lowest BCUT2D eigenvalue weighted by molar-refractivity contribution is 0.240. The normalized spacial score (nSPS) is 9.22. The molecular weight excluding hydrogens is 226 g/mol. The Kier molecular flexibility index (Phi) is 6.37. The third-order valence-corrected chi connectivity index (χ3v) is 2.25. The largest absolute Gasteiger partial charge is 0.338 e. The van der Waals surface area contributed by atoms with Gasteiger partial charge in [-0.25, -0.2) is 4.79 Å². The predicted molar refractivity (Wildman–Crippen MR) is 72.9 cm³/mol. The summed E-state index contributed by atoms with van der Waals surface area (Å²) in [6, 6.07) is 7.59. The predicted octanol–water partition coefficient (Wildman–Crippen LogP) is 1.21. The van der Waals surface area contributed by atoms with Crippen molar-refractivity contribution in [2.24, 2.45) is 5.73 Å². The molecule has 0 bridgehead atoms. The third-order valence-electron chi connectivity index (χ3n) is 2.25. The number of rotatable bonds is 4. The highest BCUT2D eigenvalue weighted by Crippen LogP contribution is 2.03. The van der Waals surface area contributed by atoms with Crippen LogP contribution in [0.3, 0.4) is 0 Å². The molecule has 0 saturated heterocycles. The van der Waals surface area contributed by atoms with Gasteiger partial charge in [0.1, 0.15) is 0 Å². The van der Waals surface area contributed by atoms with Crippen LogP contribution in [0.25, 0.3) is 0 Å². The fourth-order valence-corrected chi connectivity index (χ4v) is 1.40. The minimum absolute atomic E-state index is 0.143. The lowest BCUT2D eigenvalue weighted by Crippen LogP contribution is -2.35. The average Bonchev–Trinajstić information content (AvgIpc) is 2.41. The van der Waals surface area contributed by atoms with Crippen LogP contribution in [-0.2, 0) is 6.54 Å². The first-order valence-corrected chi connectivity index (χ1v) is 6.06. The maximum atomic E-state index is 11.4. The van der Waals surface area contributed by atoms with E-state index in [4.69, 9.17) is 5.73 Å². The van der Waals surface area contributed by atoms with E-state index in [9.17, 15) is 4.79 Å². The summed E-state index contributed by atoms with van der Waals surface area (Å²) < 4.78 is 0. The van der Waals surface area contributed by atoms with Crippen molar-refractivity contribution in [1.82, 2.24) is 10.6 Å². The number of hydrogen-bond acceptors (Lipinski definition) is 2. The molecule has 1 rings (SSSR count). The van der Waals surface area contributed by atoms with E-state index in [0.29, 0.717) is 19.6 Å². The van der Waals surface area contributed by atoms with Gasteiger partial charge in [-0.05, 0) is 24.1 Å². The SMILES string of the molecule is CCCNC(=O)NCc1cccc(C#CCN)c1. The minimum atomic E-state index is -0.143. The molecule has 0 fully saturated rings. The quantitative estimate of drug-likeness (QED) is 0.698. The van der Waals surface area contributed by atoms with Gasteiger partial charge in [0, 0.05) is 18.7 Å². The Balaban J connectivity index is 2.49. The maximum Gasteiger partial charge on any atom is 0.315 e. The molecule has 0 aliphatic carbocycles. The highest BCUT2D eigenvalue weighted by atomic mass is 16.2. The third kappa shape index (κ3) is 5.37. The van der Waals surface area contributed by atoms with E-state index < -0.39 is 0 Å². The van der Waals surface area contributed by atoms with Crippen LogP contribution < -0.4 is 16.4 Å². The molecule has 0 spiro atoms. The van der Waals surface area contributed by atoms with E-state index in [-0.39, 0.29) is 6.03 Å². The Bertz CT molecular complexity index is 446. The molecule has 0 atom stereocenters. The van der Waals surface area contributed by atoms with Crippen molar-refractivity contribution >= 4 is 6.03 Å². The van der Waals surface area contributed by atoms with Gasteiger partial charge >= 0.3 is 6.03 Å². The Hall–Kier alpha value is -1.99. The van der Waals surface area contributed by atoms with Crippen LogP contribution >= 0.6 is 0 Å². The summed E-state index contributed by atoms with van der Waals surface area (Å²) in [4.78, 5) is 11.4. The lowest BCUT2D eigenvalue weighted by Gasteiger charge is -2.06. The van der Waals surface area contributed by atoms with Gasteiger partial charge in [-0.2, -0.15) is 0 Å². The molecule has 2 amide bonds. The van der Waals surface area contributed by atoms with Crippen LogP contribution in [0.2, 0.25) is 0 Å². The Labute approximate surface area is 108 Å². The molecular formula is C14H19N3O. The number of nitrogens with one attached hydrogen (secondary N) is 2. The molecule has 1 aromatic rings. The van der Waals surface area contributed by atoms with Crippen LogP contribution in [0, 0.1) is 11.8 Å². The number of hydrogen-bond donors (Lipinski definition) is 3. The fourth-order valence-electron chi connectivity index (χ4n) is 1.40. The first-order valence-electron chi connectivity index (χ1n) is 6.06. The second kappa shape index (κ2) is 8.15. The van der Waals surface area contributed by atoms with Crippen molar-refractivity contribution < 1.29 is 4.79 Å². The van der Waals surface area contributed by atoms with E-state index in [2.05, 4.69) is 22.5 Å². The van der Waals surface area contributed by atoms with Crippen LogP contribution in [0.15, 0.2) is 24.3 Å². The summed E-state index contributed by atoms with van der Waals surface area (Å²) in [5, 5.41) is 5.55. The standard InChI is InChI=1S/C14H19N3O/c1-2-9-16-14(18)17-11-13-6-3-5-12(10-13)7-4-8-15/h3,5-6,10H,2,8-9,11,15H2,1H3,(H2,16,17,18). The van der Waals surface area contributed by atoms with E-state index in [1.54, 1.807) is 0 Å². The zero-order valence-electron chi connectivity index (χ0n) is 10.6. The van der Waals surface area contributed by atoms with Crippen LogP contribution in [0.4, 0.5) is 4.79 Å². The Morgan fingerprint density at radius 3 is 2.94 bits per heavy atom. The number of carbonyl (C=O) groups is 1. The fraction of sp³-hybridized carbons (Fsp3) is 0.357. The summed E-state index contributed by atoms with van der Waals surface area (Å²) in [6.07, 6.45) is 0.928. The summed E-state index contributed by atoms with van der Waals surface area (Å²) in [5.74, 6) is 5.77. The molecule has 1 aromatic carbocycles. The number of nitrogens with two attached hydrogens (primary N) is 1. The van der Waals surface area contributed by atoms with Gasteiger partial charge in [0.05, 0.1) is 6.54 Å². The van der Waals surface area contributed by atoms with E-state index >= 15 is 0 Å². The van der Waals surface area contributed by atoms with Gasteiger partial charge in [-0.3, -0.25) is 0 Å². The van der Waals surface area contributed by atoms with Gasteiger partial charge < -0.3 is 16.4 Å². The van der Waals surface area contributed by atoms with Gasteiger partial charge in [0.2, 0.25) is 0 Å². The lowest BCUT2D eigenvalue weighted by atomic mass is 10.1. The van der Waals surface area contributed by atoms with E-state index in [1.165, 1.54) is 0 Å². The van der Waals surface area contributed by atoms with Crippen molar-refractivity contribution in [3.8, 4) is 11.8 Å². The minimum Gasteiger partial charge on any atom is -0.338 e. The van der Waals surface area contributed by atoms with Gasteiger partial charge in [0.15, 0.2) is 0 Å².